The van der Waals surface area contributed by atoms with Crippen LogP contribution in [-0.4, -0.2) is 36.7 Å². The number of piperidine rings is 1. The summed E-state index contributed by atoms with van der Waals surface area (Å²) in [7, 11) is 1.58. The summed E-state index contributed by atoms with van der Waals surface area (Å²) in [4.78, 5) is 11.0. The van der Waals surface area contributed by atoms with Crippen molar-refractivity contribution in [1.29, 1.82) is 5.26 Å². The SMILES string of the molecule is COc1ccc(CNCC2CCCN(c3ncccn3)C2)cc1C#N. The number of ether oxygens (including phenoxy) is 1. The fourth-order valence-corrected chi connectivity index (χ4v) is 3.24. The van der Waals surface area contributed by atoms with Gasteiger partial charge in [-0.1, -0.05) is 6.07 Å². The molecule has 2 heterocycles. The molecule has 1 fully saturated rings. The molecule has 0 bridgehead atoms. The molecule has 6 nitrogen and oxygen atoms in total. The molecular formula is C19H23N5O. The molecule has 1 unspecified atom stereocenters. The summed E-state index contributed by atoms with van der Waals surface area (Å²) in [6.07, 6.45) is 5.95. The largest absolute Gasteiger partial charge is 0.495 e. The topological polar surface area (TPSA) is 74.1 Å². The lowest BCUT2D eigenvalue weighted by molar-refractivity contribution is 0.388. The van der Waals surface area contributed by atoms with E-state index in [0.717, 1.165) is 44.1 Å². The Kier molecular flexibility index (Phi) is 5.81. The van der Waals surface area contributed by atoms with Gasteiger partial charge >= 0.3 is 0 Å². The molecule has 1 aromatic carbocycles. The van der Waals surface area contributed by atoms with Gasteiger partial charge in [0, 0.05) is 32.0 Å². The first-order chi connectivity index (χ1) is 12.3. The molecule has 1 aromatic heterocycles. The van der Waals surface area contributed by atoms with Crippen LogP contribution < -0.4 is 15.0 Å². The summed E-state index contributed by atoms with van der Waals surface area (Å²) in [6.45, 7) is 3.68. The van der Waals surface area contributed by atoms with Crippen molar-refractivity contribution >= 4 is 5.95 Å². The number of rotatable bonds is 6. The van der Waals surface area contributed by atoms with Crippen LogP contribution in [0.3, 0.4) is 0 Å². The molecule has 0 amide bonds. The first-order valence-electron chi connectivity index (χ1n) is 8.60. The van der Waals surface area contributed by atoms with Crippen molar-refractivity contribution in [2.75, 3.05) is 31.6 Å². The Morgan fingerprint density at radius 3 is 2.96 bits per heavy atom. The second kappa shape index (κ2) is 8.45. The number of benzene rings is 1. The highest BCUT2D eigenvalue weighted by molar-refractivity contribution is 5.45. The number of nitrogens with one attached hydrogen (secondary N) is 1. The van der Waals surface area contributed by atoms with E-state index in [0.29, 0.717) is 17.2 Å². The summed E-state index contributed by atoms with van der Waals surface area (Å²) >= 11 is 0. The Balaban J connectivity index is 1.51. The van der Waals surface area contributed by atoms with E-state index in [4.69, 9.17) is 4.74 Å². The molecule has 0 radical (unpaired) electrons. The maximum atomic E-state index is 9.17. The zero-order valence-electron chi connectivity index (χ0n) is 14.5. The van der Waals surface area contributed by atoms with Gasteiger partial charge in [-0.15, -0.1) is 0 Å². The molecule has 3 rings (SSSR count). The van der Waals surface area contributed by atoms with Gasteiger partial charge in [0.1, 0.15) is 11.8 Å². The van der Waals surface area contributed by atoms with Crippen LogP contribution in [0.4, 0.5) is 5.95 Å². The fourth-order valence-electron chi connectivity index (χ4n) is 3.24. The summed E-state index contributed by atoms with van der Waals surface area (Å²) < 4.78 is 5.18. The van der Waals surface area contributed by atoms with E-state index >= 15 is 0 Å². The third-order valence-electron chi connectivity index (χ3n) is 4.50. The van der Waals surface area contributed by atoms with Gasteiger partial charge in [0.05, 0.1) is 12.7 Å². The maximum Gasteiger partial charge on any atom is 0.225 e. The normalized spacial score (nSPS) is 17.1. The lowest BCUT2D eigenvalue weighted by atomic mass is 9.98. The Bertz CT molecular complexity index is 728. The van der Waals surface area contributed by atoms with E-state index in [9.17, 15) is 5.26 Å². The molecule has 6 heteroatoms. The Hall–Kier alpha value is -2.65. The number of hydrogen-bond donors (Lipinski definition) is 1. The van der Waals surface area contributed by atoms with Gasteiger partial charge in [0.15, 0.2) is 0 Å². The molecule has 130 valence electrons. The minimum absolute atomic E-state index is 0.575. The van der Waals surface area contributed by atoms with Gasteiger partial charge in [-0.3, -0.25) is 0 Å². The molecule has 1 aliphatic rings. The molecule has 0 spiro atoms. The van der Waals surface area contributed by atoms with Crippen molar-refractivity contribution in [2.45, 2.75) is 19.4 Å². The second-order valence-electron chi connectivity index (χ2n) is 6.28. The van der Waals surface area contributed by atoms with E-state index in [1.165, 1.54) is 6.42 Å². The monoisotopic (exact) mass is 337 g/mol. The van der Waals surface area contributed by atoms with Crippen molar-refractivity contribution < 1.29 is 4.74 Å². The highest BCUT2D eigenvalue weighted by atomic mass is 16.5. The average Bonchev–Trinajstić information content (AvgIpc) is 2.69. The molecule has 25 heavy (non-hydrogen) atoms. The van der Waals surface area contributed by atoms with E-state index in [2.05, 4.69) is 26.3 Å². The standard InChI is InChI=1S/C19H23N5O/c1-25-18-6-5-15(10-17(18)11-20)12-21-13-16-4-2-9-24(14-16)19-22-7-3-8-23-19/h3,5-8,10,16,21H,2,4,9,12-14H2,1H3. The van der Waals surface area contributed by atoms with Crippen molar-refractivity contribution in [1.82, 2.24) is 15.3 Å². The number of aromatic nitrogens is 2. The van der Waals surface area contributed by atoms with Gasteiger partial charge in [-0.25, -0.2) is 9.97 Å². The van der Waals surface area contributed by atoms with Crippen molar-refractivity contribution in [3.8, 4) is 11.8 Å². The number of hydrogen-bond acceptors (Lipinski definition) is 6. The smallest absolute Gasteiger partial charge is 0.225 e. The van der Waals surface area contributed by atoms with Gasteiger partial charge < -0.3 is 15.0 Å². The van der Waals surface area contributed by atoms with Crippen molar-refractivity contribution in [3.63, 3.8) is 0 Å². The van der Waals surface area contributed by atoms with Gasteiger partial charge in [0.25, 0.3) is 0 Å². The van der Waals surface area contributed by atoms with Crippen LogP contribution in [0.5, 0.6) is 5.75 Å². The third kappa shape index (κ3) is 4.46. The number of nitrogens with zero attached hydrogens (tertiary/aromatic N) is 4. The maximum absolute atomic E-state index is 9.17. The Morgan fingerprint density at radius 2 is 2.20 bits per heavy atom. The average molecular weight is 337 g/mol. The van der Waals surface area contributed by atoms with E-state index in [1.807, 2.05) is 24.3 Å². The lowest BCUT2D eigenvalue weighted by Gasteiger charge is -2.32. The molecule has 1 N–H and O–H groups in total. The van der Waals surface area contributed by atoms with Crippen LogP contribution in [0.1, 0.15) is 24.0 Å². The zero-order chi connectivity index (χ0) is 17.5. The summed E-state index contributed by atoms with van der Waals surface area (Å²) in [6, 6.07) is 9.76. The van der Waals surface area contributed by atoms with Crippen LogP contribution in [0.15, 0.2) is 36.7 Å². The minimum Gasteiger partial charge on any atom is -0.495 e. The van der Waals surface area contributed by atoms with Crippen LogP contribution in [0.25, 0.3) is 0 Å². The summed E-state index contributed by atoms with van der Waals surface area (Å²) in [5.41, 5.74) is 1.67. The van der Waals surface area contributed by atoms with Crippen molar-refractivity contribution in [3.05, 3.63) is 47.8 Å². The van der Waals surface area contributed by atoms with Crippen LogP contribution >= 0.6 is 0 Å². The third-order valence-corrected chi connectivity index (χ3v) is 4.50. The molecule has 1 aliphatic heterocycles. The molecule has 2 aromatic rings. The van der Waals surface area contributed by atoms with Crippen LogP contribution in [-0.2, 0) is 6.54 Å². The van der Waals surface area contributed by atoms with E-state index in [-0.39, 0.29) is 0 Å². The zero-order valence-corrected chi connectivity index (χ0v) is 14.5. The molecular weight excluding hydrogens is 314 g/mol. The minimum atomic E-state index is 0.575. The summed E-state index contributed by atoms with van der Waals surface area (Å²) in [5, 5.41) is 12.7. The quantitative estimate of drug-likeness (QED) is 0.872. The first kappa shape index (κ1) is 17.2. The van der Waals surface area contributed by atoms with E-state index < -0.39 is 0 Å². The van der Waals surface area contributed by atoms with Gasteiger partial charge in [-0.2, -0.15) is 5.26 Å². The predicted octanol–water partition coefficient (Wildman–Crippen LogP) is 2.36. The fraction of sp³-hybridized carbons (Fsp3) is 0.421. The lowest BCUT2D eigenvalue weighted by Crippen LogP contribution is -2.40. The van der Waals surface area contributed by atoms with E-state index in [1.54, 1.807) is 19.5 Å². The highest BCUT2D eigenvalue weighted by Crippen LogP contribution is 2.20. The first-order valence-corrected chi connectivity index (χ1v) is 8.60. The second-order valence-corrected chi connectivity index (χ2v) is 6.28. The molecule has 1 saturated heterocycles. The number of nitriles is 1. The van der Waals surface area contributed by atoms with Gasteiger partial charge in [0.2, 0.25) is 5.95 Å². The molecule has 0 aliphatic carbocycles. The molecule has 1 atom stereocenters. The van der Waals surface area contributed by atoms with Crippen LogP contribution in [0, 0.1) is 17.2 Å². The van der Waals surface area contributed by atoms with Gasteiger partial charge in [-0.05, 0) is 49.1 Å². The molecule has 0 saturated carbocycles. The Morgan fingerprint density at radius 1 is 1.36 bits per heavy atom. The predicted molar refractivity (Wildman–Crippen MR) is 96.4 cm³/mol. The van der Waals surface area contributed by atoms with Crippen LogP contribution in [0.2, 0.25) is 0 Å². The highest BCUT2D eigenvalue weighted by Gasteiger charge is 2.21. The Labute approximate surface area is 148 Å². The number of anilines is 1. The number of methoxy groups -OCH3 is 1. The van der Waals surface area contributed by atoms with Crippen molar-refractivity contribution in [2.24, 2.45) is 5.92 Å². The summed E-state index contributed by atoms with van der Waals surface area (Å²) in [5.74, 6) is 2.02.